The molecule has 0 atom stereocenters. The lowest BCUT2D eigenvalue weighted by Crippen LogP contribution is -2.36. The summed E-state index contributed by atoms with van der Waals surface area (Å²) in [6, 6.07) is 0. The van der Waals surface area contributed by atoms with Crippen molar-refractivity contribution in [2.45, 2.75) is 0 Å². The second-order valence-corrected chi connectivity index (χ2v) is 2.81. The zero-order chi connectivity index (χ0) is 10.1. The van der Waals surface area contributed by atoms with E-state index in [1.165, 1.54) is 0 Å². The van der Waals surface area contributed by atoms with Gasteiger partial charge in [0.25, 0.3) is 0 Å². The predicted molar refractivity (Wildman–Crippen MR) is 45.1 cm³/mol. The Kier molecular flexibility index (Phi) is 6.85. The maximum absolute atomic E-state index is 10.0. The summed E-state index contributed by atoms with van der Waals surface area (Å²) in [6.07, 6.45) is 0. The Bertz CT molecular complexity index is 129. The molecule has 0 bridgehead atoms. The Morgan fingerprint density at radius 3 is 2.50 bits per heavy atom. The maximum atomic E-state index is 10.0. The van der Waals surface area contributed by atoms with Crippen molar-refractivity contribution >= 4 is 0 Å². The molecule has 6 heteroatoms. The van der Waals surface area contributed by atoms with Crippen LogP contribution in [0, 0.1) is 0 Å². The average Bonchev–Trinajstić information content (AvgIpc) is 2.25. The van der Waals surface area contributed by atoms with Gasteiger partial charge in [0.15, 0.2) is 0 Å². The van der Waals surface area contributed by atoms with Crippen LogP contribution in [-0.4, -0.2) is 58.3 Å². The number of hydrogen-bond donors (Lipinski definition) is 0. The Morgan fingerprint density at radius 1 is 1.07 bits per heavy atom. The molecular weight excluding hydrogens is 190 g/mol. The van der Waals surface area contributed by atoms with Crippen molar-refractivity contribution in [3.63, 3.8) is 0 Å². The molecule has 1 rings (SSSR count). The monoisotopic (exact) mass is 206 g/mol. The quantitative estimate of drug-likeness (QED) is 0.475. The van der Waals surface area contributed by atoms with E-state index < -0.39 is 0 Å². The van der Waals surface area contributed by atoms with Crippen molar-refractivity contribution in [1.82, 2.24) is 4.90 Å². The molecule has 0 unspecified atom stereocenters. The SMILES string of the molecule is [O-]CCOCCOCN1COCOC1. The molecule has 1 heterocycles. The molecule has 0 aromatic rings. The minimum atomic E-state index is -0.201. The van der Waals surface area contributed by atoms with Gasteiger partial charge < -0.3 is 24.1 Å². The minimum Gasteiger partial charge on any atom is -0.853 e. The van der Waals surface area contributed by atoms with Crippen molar-refractivity contribution in [1.29, 1.82) is 0 Å². The lowest BCUT2D eigenvalue weighted by atomic mass is 10.7. The van der Waals surface area contributed by atoms with Crippen LogP contribution in [0.4, 0.5) is 0 Å². The molecule has 0 saturated carbocycles. The van der Waals surface area contributed by atoms with Gasteiger partial charge in [-0.3, -0.25) is 0 Å². The number of nitrogens with zero attached hydrogens (tertiary/aromatic N) is 1. The van der Waals surface area contributed by atoms with Gasteiger partial charge in [0.1, 0.15) is 27.0 Å². The first-order valence-corrected chi connectivity index (χ1v) is 4.55. The van der Waals surface area contributed by atoms with E-state index in [1.54, 1.807) is 0 Å². The molecule has 14 heavy (non-hydrogen) atoms. The molecule has 1 aliphatic heterocycles. The van der Waals surface area contributed by atoms with Gasteiger partial charge in [-0.25, -0.2) is 4.90 Å². The molecule has 0 radical (unpaired) electrons. The fourth-order valence-electron chi connectivity index (χ4n) is 0.976. The van der Waals surface area contributed by atoms with Gasteiger partial charge in [-0.15, -0.1) is 6.61 Å². The van der Waals surface area contributed by atoms with Gasteiger partial charge in [0.05, 0.1) is 13.2 Å². The highest BCUT2D eigenvalue weighted by molar-refractivity contribution is 4.41. The van der Waals surface area contributed by atoms with E-state index in [9.17, 15) is 5.11 Å². The van der Waals surface area contributed by atoms with Crippen LogP contribution >= 0.6 is 0 Å². The van der Waals surface area contributed by atoms with Crippen LogP contribution in [0.5, 0.6) is 0 Å². The first-order chi connectivity index (χ1) is 6.93. The van der Waals surface area contributed by atoms with Crippen molar-refractivity contribution < 1.29 is 24.1 Å². The number of hydrogen-bond acceptors (Lipinski definition) is 6. The van der Waals surface area contributed by atoms with Crippen LogP contribution in [0.25, 0.3) is 0 Å². The first-order valence-electron chi connectivity index (χ1n) is 4.55. The Morgan fingerprint density at radius 2 is 1.79 bits per heavy atom. The van der Waals surface area contributed by atoms with Crippen LogP contribution < -0.4 is 5.11 Å². The highest BCUT2D eigenvalue weighted by atomic mass is 16.7. The number of rotatable bonds is 7. The van der Waals surface area contributed by atoms with Gasteiger partial charge in [0, 0.05) is 6.61 Å². The fourth-order valence-corrected chi connectivity index (χ4v) is 0.976. The zero-order valence-electron chi connectivity index (χ0n) is 8.15. The predicted octanol–water partition coefficient (Wildman–Crippen LogP) is -1.44. The summed E-state index contributed by atoms with van der Waals surface area (Å²) in [7, 11) is 0. The van der Waals surface area contributed by atoms with E-state index in [0.29, 0.717) is 40.2 Å². The number of ether oxygens (including phenoxy) is 4. The van der Waals surface area contributed by atoms with E-state index in [1.807, 2.05) is 4.90 Å². The smallest absolute Gasteiger partial charge is 0.150 e. The van der Waals surface area contributed by atoms with Crippen molar-refractivity contribution in [3.05, 3.63) is 0 Å². The molecule has 0 aromatic carbocycles. The van der Waals surface area contributed by atoms with Gasteiger partial charge >= 0.3 is 0 Å². The van der Waals surface area contributed by atoms with Gasteiger partial charge in [-0.1, -0.05) is 0 Å². The molecule has 0 N–H and O–H groups in total. The molecule has 0 amide bonds. The average molecular weight is 206 g/mol. The van der Waals surface area contributed by atoms with Crippen LogP contribution in [0.3, 0.4) is 0 Å². The molecule has 0 aliphatic carbocycles. The van der Waals surface area contributed by atoms with E-state index in [2.05, 4.69) is 0 Å². The molecule has 1 saturated heterocycles. The van der Waals surface area contributed by atoms with Crippen LogP contribution in [0.2, 0.25) is 0 Å². The van der Waals surface area contributed by atoms with E-state index in [4.69, 9.17) is 18.9 Å². The second-order valence-electron chi connectivity index (χ2n) is 2.81. The standard InChI is InChI=1S/C8H16NO5/c10-1-2-11-3-4-12-5-9-6-13-8-14-7-9/h1-8H2/q-1. The van der Waals surface area contributed by atoms with Crippen LogP contribution in [-0.2, 0) is 18.9 Å². The lowest BCUT2D eigenvalue weighted by Gasteiger charge is -2.25. The third-order valence-corrected chi connectivity index (χ3v) is 1.59. The van der Waals surface area contributed by atoms with E-state index in [-0.39, 0.29) is 13.2 Å². The summed E-state index contributed by atoms with van der Waals surface area (Å²) < 4.78 is 20.3. The minimum absolute atomic E-state index is 0.201. The van der Waals surface area contributed by atoms with Crippen LogP contribution in [0.15, 0.2) is 0 Å². The molecule has 1 fully saturated rings. The van der Waals surface area contributed by atoms with Gasteiger partial charge in [-0.2, -0.15) is 0 Å². The Hall–Kier alpha value is -0.240. The molecule has 6 nitrogen and oxygen atoms in total. The largest absolute Gasteiger partial charge is 0.853 e. The van der Waals surface area contributed by atoms with E-state index >= 15 is 0 Å². The van der Waals surface area contributed by atoms with Crippen LogP contribution in [0.1, 0.15) is 0 Å². The van der Waals surface area contributed by atoms with E-state index in [0.717, 1.165) is 0 Å². The third kappa shape index (κ3) is 5.48. The molecule has 0 spiro atoms. The topological polar surface area (TPSA) is 63.2 Å². The zero-order valence-corrected chi connectivity index (χ0v) is 8.15. The molecule has 0 aromatic heterocycles. The summed E-state index contributed by atoms with van der Waals surface area (Å²) in [4.78, 5) is 1.87. The van der Waals surface area contributed by atoms with Gasteiger partial charge in [-0.05, 0) is 0 Å². The Balaban J connectivity index is 1.82. The molecule has 1 aliphatic rings. The van der Waals surface area contributed by atoms with Gasteiger partial charge in [0.2, 0.25) is 0 Å². The Labute approximate surface area is 83.3 Å². The molecular formula is C8H16NO5-. The second kappa shape index (κ2) is 8.10. The lowest BCUT2D eigenvalue weighted by molar-refractivity contribution is -0.374. The molecule has 84 valence electrons. The first kappa shape index (κ1) is 11.8. The highest BCUT2D eigenvalue weighted by Gasteiger charge is 2.09. The maximum Gasteiger partial charge on any atom is 0.150 e. The van der Waals surface area contributed by atoms with Crippen molar-refractivity contribution in [2.75, 3.05) is 53.4 Å². The summed E-state index contributed by atoms with van der Waals surface area (Å²) in [5.41, 5.74) is 0. The normalized spacial score (nSPS) is 18.6. The summed E-state index contributed by atoms with van der Waals surface area (Å²) >= 11 is 0. The highest BCUT2D eigenvalue weighted by Crippen LogP contribution is 1.97. The summed E-state index contributed by atoms with van der Waals surface area (Å²) in [6.45, 7) is 2.86. The summed E-state index contributed by atoms with van der Waals surface area (Å²) in [5, 5.41) is 10.0. The fraction of sp³-hybridized carbons (Fsp3) is 1.00. The summed E-state index contributed by atoms with van der Waals surface area (Å²) in [5.74, 6) is 0. The third-order valence-electron chi connectivity index (χ3n) is 1.59. The van der Waals surface area contributed by atoms with Crippen molar-refractivity contribution in [2.24, 2.45) is 0 Å². The van der Waals surface area contributed by atoms with Crippen molar-refractivity contribution in [3.8, 4) is 0 Å².